The van der Waals surface area contributed by atoms with Crippen molar-refractivity contribution in [2.75, 3.05) is 11.9 Å². The molecule has 0 bridgehead atoms. The molecular formula is C10H9BrCl2FN. The summed E-state index contributed by atoms with van der Waals surface area (Å²) in [5.41, 5.74) is 3.11. The van der Waals surface area contributed by atoms with Crippen molar-refractivity contribution in [3.05, 3.63) is 38.6 Å². The van der Waals surface area contributed by atoms with E-state index in [9.17, 15) is 4.39 Å². The average molecular weight is 313 g/mol. The summed E-state index contributed by atoms with van der Waals surface area (Å²) in [6, 6.07) is 2.61. The van der Waals surface area contributed by atoms with E-state index in [0.717, 1.165) is 5.57 Å². The molecule has 1 aromatic rings. The molecule has 1 nitrogen and oxygen atoms in total. The van der Waals surface area contributed by atoms with Crippen molar-refractivity contribution in [1.82, 2.24) is 0 Å². The predicted octanol–water partition coefficient (Wildman–Crippen LogP) is 4.80. The highest BCUT2D eigenvalue weighted by Crippen LogP contribution is 2.31. The Hall–Kier alpha value is -0.250. The van der Waals surface area contributed by atoms with Crippen molar-refractivity contribution >= 4 is 44.8 Å². The Morgan fingerprint density at radius 1 is 1.60 bits per heavy atom. The molecule has 0 unspecified atom stereocenters. The second-order valence-electron chi connectivity index (χ2n) is 3.05. The van der Waals surface area contributed by atoms with E-state index in [4.69, 9.17) is 23.2 Å². The number of hydrogen-bond acceptors (Lipinski definition) is 1. The van der Waals surface area contributed by atoms with Crippen LogP contribution in [0.25, 0.3) is 0 Å². The van der Waals surface area contributed by atoms with Gasteiger partial charge in [0.05, 0.1) is 10.7 Å². The van der Waals surface area contributed by atoms with Crippen molar-refractivity contribution < 1.29 is 4.39 Å². The van der Waals surface area contributed by atoms with E-state index in [-0.39, 0.29) is 5.82 Å². The lowest BCUT2D eigenvalue weighted by Gasteiger charge is -2.10. The first-order valence-electron chi connectivity index (χ1n) is 4.19. The lowest BCUT2D eigenvalue weighted by molar-refractivity contribution is 0.627. The normalized spacial score (nSPS) is 11.7. The Morgan fingerprint density at radius 2 is 2.27 bits per heavy atom. The molecule has 1 N–H and O–H groups in total. The molecule has 0 saturated heterocycles. The summed E-state index contributed by atoms with van der Waals surface area (Å²) in [6.07, 6.45) is 0. The summed E-state index contributed by atoms with van der Waals surface area (Å²) >= 11 is 14.6. The molecule has 0 fully saturated rings. The average Bonchev–Trinajstić information content (AvgIpc) is 2.15. The van der Waals surface area contributed by atoms with Crippen molar-refractivity contribution in [2.45, 2.75) is 6.92 Å². The van der Waals surface area contributed by atoms with Crippen LogP contribution in [0.2, 0.25) is 5.02 Å². The number of rotatable bonds is 3. The largest absolute Gasteiger partial charge is 0.379 e. The molecule has 0 aliphatic rings. The van der Waals surface area contributed by atoms with E-state index in [1.165, 1.54) is 17.7 Å². The van der Waals surface area contributed by atoms with E-state index in [2.05, 4.69) is 21.2 Å². The summed E-state index contributed by atoms with van der Waals surface area (Å²) in [7, 11) is 0. The Morgan fingerprint density at radius 3 is 2.80 bits per heavy atom. The van der Waals surface area contributed by atoms with Gasteiger partial charge in [-0.1, -0.05) is 23.2 Å². The van der Waals surface area contributed by atoms with Crippen LogP contribution in [-0.2, 0) is 0 Å². The van der Waals surface area contributed by atoms with Crippen molar-refractivity contribution in [3.8, 4) is 0 Å². The van der Waals surface area contributed by atoms with Gasteiger partial charge in [-0.05, 0) is 40.6 Å². The molecule has 0 radical (unpaired) electrons. The van der Waals surface area contributed by atoms with Crippen LogP contribution in [0.1, 0.15) is 6.92 Å². The van der Waals surface area contributed by atoms with Crippen LogP contribution in [0.4, 0.5) is 10.1 Å². The molecule has 1 rings (SSSR count). The SMILES string of the molecule is CC(=CCl)CNc1c(Cl)cc(F)cc1Br. The molecule has 1 aromatic carbocycles. The molecule has 0 aliphatic carbocycles. The molecule has 0 aromatic heterocycles. The fourth-order valence-corrected chi connectivity index (χ4v) is 2.01. The number of halogens is 4. The van der Waals surface area contributed by atoms with E-state index in [0.29, 0.717) is 21.7 Å². The van der Waals surface area contributed by atoms with Gasteiger partial charge in [0.25, 0.3) is 0 Å². The van der Waals surface area contributed by atoms with Crippen LogP contribution in [-0.4, -0.2) is 6.54 Å². The van der Waals surface area contributed by atoms with Gasteiger partial charge in [-0.15, -0.1) is 0 Å². The summed E-state index contributed by atoms with van der Waals surface area (Å²) in [5, 5.41) is 3.40. The van der Waals surface area contributed by atoms with Crippen LogP contribution in [0.3, 0.4) is 0 Å². The van der Waals surface area contributed by atoms with Crippen molar-refractivity contribution in [1.29, 1.82) is 0 Å². The van der Waals surface area contributed by atoms with Gasteiger partial charge in [0.15, 0.2) is 0 Å². The summed E-state index contributed by atoms with van der Waals surface area (Å²) in [5.74, 6) is -0.373. The zero-order valence-electron chi connectivity index (χ0n) is 7.95. The molecule has 5 heteroatoms. The van der Waals surface area contributed by atoms with Gasteiger partial charge in [-0.3, -0.25) is 0 Å². The lowest BCUT2D eigenvalue weighted by atomic mass is 10.3. The first kappa shape index (κ1) is 12.8. The van der Waals surface area contributed by atoms with Crippen LogP contribution >= 0.6 is 39.1 Å². The maximum atomic E-state index is 12.9. The summed E-state index contributed by atoms with van der Waals surface area (Å²) in [4.78, 5) is 0. The third-order valence-electron chi connectivity index (χ3n) is 1.74. The van der Waals surface area contributed by atoms with Crippen LogP contribution < -0.4 is 5.32 Å². The minimum absolute atomic E-state index is 0.337. The third kappa shape index (κ3) is 3.67. The molecule has 0 amide bonds. The Kier molecular flexibility index (Phi) is 4.90. The number of hydrogen-bond donors (Lipinski definition) is 1. The first-order chi connectivity index (χ1) is 7.04. The van der Waals surface area contributed by atoms with Gasteiger partial charge in [-0.25, -0.2) is 4.39 Å². The van der Waals surface area contributed by atoms with E-state index >= 15 is 0 Å². The quantitative estimate of drug-likeness (QED) is 0.845. The summed E-state index contributed by atoms with van der Waals surface area (Å²) in [6.45, 7) is 2.44. The molecule has 0 heterocycles. The van der Waals surface area contributed by atoms with Gasteiger partial charge in [-0.2, -0.15) is 0 Å². The lowest BCUT2D eigenvalue weighted by Crippen LogP contribution is -2.03. The molecule has 0 atom stereocenters. The van der Waals surface area contributed by atoms with Crippen molar-refractivity contribution in [3.63, 3.8) is 0 Å². The molecule has 0 spiro atoms. The highest BCUT2D eigenvalue weighted by atomic mass is 79.9. The standard InChI is InChI=1S/C10H9BrCl2FN/c1-6(4-12)5-15-10-8(11)2-7(14)3-9(10)13/h2-4,15H,5H2,1H3. The van der Waals surface area contributed by atoms with E-state index in [1.807, 2.05) is 6.92 Å². The minimum atomic E-state index is -0.373. The fourth-order valence-electron chi connectivity index (χ4n) is 0.977. The zero-order valence-corrected chi connectivity index (χ0v) is 11.0. The Bertz CT molecular complexity index is 370. The molecular weight excluding hydrogens is 304 g/mol. The highest BCUT2D eigenvalue weighted by molar-refractivity contribution is 9.10. The molecule has 82 valence electrons. The number of nitrogens with one attached hydrogen (secondary N) is 1. The molecule has 0 saturated carbocycles. The minimum Gasteiger partial charge on any atom is -0.379 e. The smallest absolute Gasteiger partial charge is 0.125 e. The topological polar surface area (TPSA) is 12.0 Å². The van der Waals surface area contributed by atoms with Gasteiger partial charge < -0.3 is 5.32 Å². The van der Waals surface area contributed by atoms with Gasteiger partial charge in [0.2, 0.25) is 0 Å². The first-order valence-corrected chi connectivity index (χ1v) is 5.79. The fraction of sp³-hybridized carbons (Fsp3) is 0.200. The number of benzene rings is 1. The maximum absolute atomic E-state index is 12.9. The van der Waals surface area contributed by atoms with Crippen LogP contribution in [0.5, 0.6) is 0 Å². The van der Waals surface area contributed by atoms with Crippen LogP contribution in [0, 0.1) is 5.82 Å². The zero-order chi connectivity index (χ0) is 11.4. The van der Waals surface area contributed by atoms with E-state index < -0.39 is 0 Å². The van der Waals surface area contributed by atoms with Gasteiger partial charge in [0, 0.05) is 16.6 Å². The van der Waals surface area contributed by atoms with Gasteiger partial charge in [0.1, 0.15) is 5.82 Å². The van der Waals surface area contributed by atoms with Crippen molar-refractivity contribution in [2.24, 2.45) is 0 Å². The van der Waals surface area contributed by atoms with Crippen LogP contribution in [0.15, 0.2) is 27.7 Å². The predicted molar refractivity (Wildman–Crippen MR) is 67.2 cm³/mol. The number of anilines is 1. The second kappa shape index (κ2) is 5.73. The third-order valence-corrected chi connectivity index (χ3v) is 3.03. The molecule has 0 aliphatic heterocycles. The Balaban J connectivity index is 2.86. The monoisotopic (exact) mass is 311 g/mol. The maximum Gasteiger partial charge on any atom is 0.125 e. The van der Waals surface area contributed by atoms with E-state index in [1.54, 1.807) is 0 Å². The molecule has 15 heavy (non-hydrogen) atoms. The highest BCUT2D eigenvalue weighted by Gasteiger charge is 2.07. The van der Waals surface area contributed by atoms with Gasteiger partial charge >= 0.3 is 0 Å². The Labute approximate surface area is 106 Å². The summed E-state index contributed by atoms with van der Waals surface area (Å²) < 4.78 is 13.5. The second-order valence-corrected chi connectivity index (χ2v) is 4.53.